The van der Waals surface area contributed by atoms with Crippen LogP contribution >= 0.6 is 0 Å². The molecule has 4 aromatic rings. The molecule has 0 saturated carbocycles. The predicted octanol–water partition coefficient (Wildman–Crippen LogP) is 5.05. The molecule has 1 aromatic heterocycles. The van der Waals surface area contributed by atoms with Crippen molar-refractivity contribution < 1.29 is 18.9 Å². The summed E-state index contributed by atoms with van der Waals surface area (Å²) in [7, 11) is 0. The van der Waals surface area contributed by atoms with E-state index in [1.807, 2.05) is 48.5 Å². The Morgan fingerprint density at radius 2 is 1.73 bits per heavy atom. The molecular weight excluding hydrogens is 422 g/mol. The third-order valence-corrected chi connectivity index (χ3v) is 4.68. The van der Waals surface area contributed by atoms with Gasteiger partial charge in [-0.15, -0.1) is 0 Å². The van der Waals surface area contributed by atoms with Crippen LogP contribution in [0.1, 0.15) is 5.76 Å². The van der Waals surface area contributed by atoms with Crippen molar-refractivity contribution in [2.45, 2.75) is 0 Å². The first kappa shape index (κ1) is 21.5. The molecule has 0 saturated heterocycles. The van der Waals surface area contributed by atoms with Crippen molar-refractivity contribution in [1.29, 1.82) is 0 Å². The Labute approximate surface area is 189 Å². The molecule has 8 nitrogen and oxygen atoms in total. The predicted molar refractivity (Wildman–Crippen MR) is 124 cm³/mol. The first-order valence-electron chi connectivity index (χ1n) is 10.0. The van der Waals surface area contributed by atoms with Crippen LogP contribution in [-0.2, 0) is 4.79 Å². The highest BCUT2D eigenvalue weighted by Gasteiger charge is 2.10. The van der Waals surface area contributed by atoms with Crippen LogP contribution in [0.5, 0.6) is 5.75 Å². The van der Waals surface area contributed by atoms with Gasteiger partial charge in [-0.1, -0.05) is 60.7 Å². The van der Waals surface area contributed by atoms with Gasteiger partial charge in [0.1, 0.15) is 17.3 Å². The minimum absolute atomic E-state index is 0.0276. The Balaban J connectivity index is 1.34. The van der Waals surface area contributed by atoms with Gasteiger partial charge in [0, 0.05) is 23.3 Å². The Bertz CT molecular complexity index is 1300. The van der Waals surface area contributed by atoms with E-state index in [1.54, 1.807) is 30.3 Å². The zero-order valence-electron chi connectivity index (χ0n) is 17.4. The lowest BCUT2D eigenvalue weighted by molar-refractivity contribution is -0.384. The number of para-hydroxylation sites is 1. The van der Waals surface area contributed by atoms with Crippen LogP contribution < -0.4 is 10.2 Å². The van der Waals surface area contributed by atoms with Gasteiger partial charge in [-0.2, -0.15) is 5.10 Å². The third kappa shape index (κ3) is 5.50. The van der Waals surface area contributed by atoms with Gasteiger partial charge in [0.2, 0.25) is 0 Å². The van der Waals surface area contributed by atoms with Gasteiger partial charge in [-0.05, 0) is 23.8 Å². The van der Waals surface area contributed by atoms with Crippen LogP contribution in [-0.4, -0.2) is 23.7 Å². The molecule has 0 spiro atoms. The van der Waals surface area contributed by atoms with E-state index in [9.17, 15) is 14.9 Å². The summed E-state index contributed by atoms with van der Waals surface area (Å²) >= 11 is 0. The molecule has 0 aliphatic heterocycles. The average Bonchev–Trinajstić information content (AvgIpc) is 3.32. The third-order valence-electron chi connectivity index (χ3n) is 4.68. The maximum atomic E-state index is 12.1. The summed E-state index contributed by atoms with van der Waals surface area (Å²) < 4.78 is 11.3. The van der Waals surface area contributed by atoms with E-state index < -0.39 is 10.8 Å². The summed E-state index contributed by atoms with van der Waals surface area (Å²) in [5.41, 5.74) is 4.81. The Morgan fingerprint density at radius 1 is 0.970 bits per heavy atom. The smallest absolute Gasteiger partial charge is 0.277 e. The molecule has 0 fully saturated rings. The van der Waals surface area contributed by atoms with Crippen molar-refractivity contribution in [2.24, 2.45) is 5.10 Å². The monoisotopic (exact) mass is 441 g/mol. The summed E-state index contributed by atoms with van der Waals surface area (Å²) in [6.45, 7) is -0.210. The largest absolute Gasteiger partial charge is 0.483 e. The highest BCUT2D eigenvalue weighted by molar-refractivity contribution is 5.82. The standard InChI is InChI=1S/C25H19N3O5/c29-25(17-32-24-12-5-4-11-22(24)18-7-2-1-3-8-18)27-26-16-21-13-14-23(33-21)19-9-6-10-20(15-19)28(30)31/h1-16H,17H2,(H,27,29)/b26-16-. The van der Waals surface area contributed by atoms with E-state index >= 15 is 0 Å². The maximum absolute atomic E-state index is 12.1. The van der Waals surface area contributed by atoms with E-state index in [2.05, 4.69) is 10.5 Å². The number of nitrogens with zero attached hydrogens (tertiary/aromatic N) is 2. The molecule has 8 heteroatoms. The van der Waals surface area contributed by atoms with E-state index in [-0.39, 0.29) is 12.3 Å². The molecule has 4 rings (SSSR count). The van der Waals surface area contributed by atoms with Crippen molar-refractivity contribution in [3.05, 3.63) is 107 Å². The molecule has 0 radical (unpaired) electrons. The number of non-ortho nitro benzene ring substituents is 1. The summed E-state index contributed by atoms with van der Waals surface area (Å²) in [4.78, 5) is 22.6. The first-order chi connectivity index (χ1) is 16.1. The fourth-order valence-corrected chi connectivity index (χ4v) is 3.14. The molecule has 1 heterocycles. The molecule has 33 heavy (non-hydrogen) atoms. The molecule has 0 unspecified atom stereocenters. The molecule has 1 N–H and O–H groups in total. The lowest BCUT2D eigenvalue weighted by Crippen LogP contribution is -2.24. The normalized spacial score (nSPS) is 10.8. The van der Waals surface area contributed by atoms with Crippen molar-refractivity contribution in [1.82, 2.24) is 5.43 Å². The number of nitro benzene ring substituents is 1. The van der Waals surface area contributed by atoms with Gasteiger partial charge >= 0.3 is 0 Å². The molecule has 1 amide bonds. The van der Waals surface area contributed by atoms with E-state index in [1.165, 1.54) is 18.3 Å². The Hall–Kier alpha value is -4.72. The number of furan rings is 1. The highest BCUT2D eigenvalue weighted by Crippen LogP contribution is 2.29. The van der Waals surface area contributed by atoms with Gasteiger partial charge in [0.15, 0.2) is 6.61 Å². The number of rotatable bonds is 8. The lowest BCUT2D eigenvalue weighted by Gasteiger charge is -2.10. The van der Waals surface area contributed by atoms with Crippen LogP contribution in [0.25, 0.3) is 22.5 Å². The van der Waals surface area contributed by atoms with Crippen LogP contribution in [0.3, 0.4) is 0 Å². The SMILES string of the molecule is O=C(COc1ccccc1-c1ccccc1)N/N=C\c1ccc(-c2cccc([N+](=O)[O-])c2)o1. The van der Waals surface area contributed by atoms with Crippen molar-refractivity contribution in [3.63, 3.8) is 0 Å². The topological polar surface area (TPSA) is 107 Å². The molecule has 0 atom stereocenters. The Kier molecular flexibility index (Phi) is 6.56. The summed E-state index contributed by atoms with van der Waals surface area (Å²) in [5, 5.41) is 14.8. The zero-order chi connectivity index (χ0) is 23.0. The van der Waals surface area contributed by atoms with Gasteiger partial charge in [0.05, 0.1) is 11.1 Å². The van der Waals surface area contributed by atoms with Gasteiger partial charge in [-0.25, -0.2) is 5.43 Å². The number of ether oxygens (including phenoxy) is 1. The summed E-state index contributed by atoms with van der Waals surface area (Å²) in [6.07, 6.45) is 1.34. The highest BCUT2D eigenvalue weighted by atomic mass is 16.6. The summed E-state index contributed by atoms with van der Waals surface area (Å²) in [5.74, 6) is 0.995. The molecule has 3 aromatic carbocycles. The summed E-state index contributed by atoms with van der Waals surface area (Å²) in [6, 6.07) is 26.7. The lowest BCUT2D eigenvalue weighted by atomic mass is 10.1. The minimum atomic E-state index is -0.468. The van der Waals surface area contributed by atoms with E-state index in [4.69, 9.17) is 9.15 Å². The second-order valence-corrected chi connectivity index (χ2v) is 6.95. The van der Waals surface area contributed by atoms with Crippen LogP contribution in [0.4, 0.5) is 5.69 Å². The Morgan fingerprint density at radius 3 is 2.55 bits per heavy atom. The van der Waals surface area contributed by atoms with Crippen LogP contribution in [0, 0.1) is 10.1 Å². The number of amides is 1. The van der Waals surface area contributed by atoms with E-state index in [0.29, 0.717) is 22.8 Å². The number of hydrogen-bond donors (Lipinski definition) is 1. The van der Waals surface area contributed by atoms with Crippen molar-refractivity contribution >= 4 is 17.8 Å². The number of benzene rings is 3. The molecule has 0 bridgehead atoms. The minimum Gasteiger partial charge on any atom is -0.483 e. The van der Waals surface area contributed by atoms with Crippen LogP contribution in [0.2, 0.25) is 0 Å². The number of carbonyl (C=O) groups excluding carboxylic acids is 1. The van der Waals surface area contributed by atoms with Crippen LogP contribution in [0.15, 0.2) is 101 Å². The first-order valence-corrected chi connectivity index (χ1v) is 10.0. The van der Waals surface area contributed by atoms with Gasteiger partial charge in [0.25, 0.3) is 11.6 Å². The van der Waals surface area contributed by atoms with Crippen molar-refractivity contribution in [2.75, 3.05) is 6.61 Å². The van der Waals surface area contributed by atoms with Gasteiger partial charge < -0.3 is 9.15 Å². The molecular formula is C25H19N3O5. The fourth-order valence-electron chi connectivity index (χ4n) is 3.14. The average molecular weight is 441 g/mol. The number of hydrazone groups is 1. The maximum Gasteiger partial charge on any atom is 0.277 e. The number of hydrogen-bond acceptors (Lipinski definition) is 6. The second-order valence-electron chi connectivity index (χ2n) is 6.95. The van der Waals surface area contributed by atoms with Crippen molar-refractivity contribution in [3.8, 4) is 28.2 Å². The molecule has 164 valence electrons. The second kappa shape index (κ2) is 10.1. The van der Waals surface area contributed by atoms with Gasteiger partial charge in [-0.3, -0.25) is 14.9 Å². The number of carbonyl (C=O) groups is 1. The number of nitrogens with one attached hydrogen (secondary N) is 1. The van der Waals surface area contributed by atoms with E-state index in [0.717, 1.165) is 11.1 Å². The molecule has 0 aliphatic rings. The quantitative estimate of drug-likeness (QED) is 0.234. The molecule has 0 aliphatic carbocycles. The number of nitro groups is 1. The zero-order valence-corrected chi connectivity index (χ0v) is 17.4. The fraction of sp³-hybridized carbons (Fsp3) is 0.0400.